The number of carbonyl (C=O) groups excluding carboxylic acids is 2. The lowest BCUT2D eigenvalue weighted by Crippen LogP contribution is -2.55. The molecule has 150 valence electrons. The molecule has 2 N–H and O–H groups in total. The van der Waals surface area contributed by atoms with Crippen LogP contribution in [0.1, 0.15) is 65.2 Å². The summed E-state index contributed by atoms with van der Waals surface area (Å²) in [4.78, 5) is 34.4. The van der Waals surface area contributed by atoms with Gasteiger partial charge in [-0.3, -0.25) is 14.4 Å². The van der Waals surface area contributed by atoms with Crippen LogP contribution >= 0.6 is 0 Å². The number of ether oxygens (including phenoxy) is 1. The fourth-order valence-corrected chi connectivity index (χ4v) is 5.90. The third kappa shape index (κ3) is 3.82. The van der Waals surface area contributed by atoms with Gasteiger partial charge < -0.3 is 14.9 Å². The zero-order valence-corrected chi connectivity index (χ0v) is 16.2. The number of esters is 1. The van der Waals surface area contributed by atoms with E-state index in [1.54, 1.807) is 6.08 Å². The fourth-order valence-electron chi connectivity index (χ4n) is 5.90. The molecule has 0 heterocycles. The molecule has 0 aromatic carbocycles. The first kappa shape index (κ1) is 20.1. The van der Waals surface area contributed by atoms with Gasteiger partial charge in [0, 0.05) is 11.8 Å². The summed E-state index contributed by atoms with van der Waals surface area (Å²) in [7, 11) is 0. The highest BCUT2D eigenvalue weighted by molar-refractivity contribution is 5.91. The highest BCUT2D eigenvalue weighted by atomic mass is 16.5. The van der Waals surface area contributed by atoms with Crippen LogP contribution in [0.4, 0.5) is 0 Å². The Morgan fingerprint density at radius 2 is 2.00 bits per heavy atom. The molecule has 6 nitrogen and oxygen atoms in total. The van der Waals surface area contributed by atoms with Crippen LogP contribution < -0.4 is 0 Å². The van der Waals surface area contributed by atoms with Crippen LogP contribution in [0.15, 0.2) is 11.6 Å². The number of carboxylic acid groups (broad SMARTS) is 1. The monoisotopic (exact) mass is 378 g/mol. The van der Waals surface area contributed by atoms with E-state index in [1.807, 2.05) is 0 Å². The number of aliphatic carboxylic acids is 1. The molecule has 0 aromatic rings. The number of rotatable bonds is 5. The lowest BCUT2D eigenvalue weighted by atomic mass is 9.45. The van der Waals surface area contributed by atoms with Crippen LogP contribution in [0.25, 0.3) is 0 Å². The van der Waals surface area contributed by atoms with Gasteiger partial charge in [0.2, 0.25) is 0 Å². The summed E-state index contributed by atoms with van der Waals surface area (Å²) in [5.41, 5.74) is 0.624. The second-order valence-electron chi connectivity index (χ2n) is 9.07. The Labute approximate surface area is 160 Å². The van der Waals surface area contributed by atoms with E-state index in [1.165, 1.54) is 0 Å². The largest absolute Gasteiger partial charge is 0.481 e. The van der Waals surface area contributed by atoms with Gasteiger partial charge in [-0.05, 0) is 54.6 Å². The van der Waals surface area contributed by atoms with Crippen molar-refractivity contribution in [1.82, 2.24) is 0 Å². The summed E-state index contributed by atoms with van der Waals surface area (Å²) >= 11 is 0. The average Bonchev–Trinajstić information content (AvgIpc) is 2.60. The molecule has 0 amide bonds. The molecule has 3 aliphatic rings. The quantitative estimate of drug-likeness (QED) is 0.714. The predicted molar refractivity (Wildman–Crippen MR) is 97.8 cm³/mol. The highest BCUT2D eigenvalue weighted by Gasteiger charge is 2.57. The van der Waals surface area contributed by atoms with Crippen molar-refractivity contribution in [2.75, 3.05) is 6.61 Å². The lowest BCUT2D eigenvalue weighted by Gasteiger charge is -2.60. The van der Waals surface area contributed by atoms with Crippen LogP contribution in [0, 0.1) is 22.7 Å². The molecule has 0 saturated heterocycles. The van der Waals surface area contributed by atoms with Gasteiger partial charge in [0.1, 0.15) is 0 Å². The molecule has 6 heteroatoms. The molecule has 0 aliphatic heterocycles. The third-order valence-electron chi connectivity index (χ3n) is 7.26. The van der Waals surface area contributed by atoms with E-state index in [0.717, 1.165) is 31.3 Å². The first-order chi connectivity index (χ1) is 12.7. The van der Waals surface area contributed by atoms with E-state index < -0.39 is 18.0 Å². The predicted octanol–water partition coefficient (Wildman–Crippen LogP) is 2.88. The van der Waals surface area contributed by atoms with Gasteiger partial charge in [-0.15, -0.1) is 0 Å². The molecule has 0 spiro atoms. The SMILES string of the molecule is C[C@@]1(COC(=O)CCC(=O)O)CCC[C@]2(C)[C@H]3CCC(=O)C=C3[C@H](O)C[C@@H]12. The van der Waals surface area contributed by atoms with Crippen molar-refractivity contribution in [3.05, 3.63) is 11.6 Å². The highest BCUT2D eigenvalue weighted by Crippen LogP contribution is 2.62. The Balaban J connectivity index is 1.77. The normalized spacial score (nSPS) is 38.4. The minimum absolute atomic E-state index is 0.0216. The summed E-state index contributed by atoms with van der Waals surface area (Å²) < 4.78 is 5.46. The Bertz CT molecular complexity index is 668. The van der Waals surface area contributed by atoms with Crippen molar-refractivity contribution in [1.29, 1.82) is 0 Å². The summed E-state index contributed by atoms with van der Waals surface area (Å²) in [6.07, 6.45) is 5.58. The molecule has 3 rings (SSSR count). The maximum Gasteiger partial charge on any atom is 0.306 e. The van der Waals surface area contributed by atoms with E-state index >= 15 is 0 Å². The van der Waals surface area contributed by atoms with Gasteiger partial charge in [0.15, 0.2) is 5.78 Å². The summed E-state index contributed by atoms with van der Waals surface area (Å²) in [5, 5.41) is 19.4. The number of aliphatic hydroxyl groups is 1. The minimum atomic E-state index is -1.01. The van der Waals surface area contributed by atoms with Gasteiger partial charge in [-0.2, -0.15) is 0 Å². The van der Waals surface area contributed by atoms with Crippen molar-refractivity contribution >= 4 is 17.7 Å². The zero-order valence-electron chi connectivity index (χ0n) is 16.2. The Hall–Kier alpha value is -1.69. The second kappa shape index (κ2) is 7.38. The molecule has 0 radical (unpaired) electrons. The van der Waals surface area contributed by atoms with E-state index in [2.05, 4.69) is 13.8 Å². The van der Waals surface area contributed by atoms with Crippen molar-refractivity contribution < 1.29 is 29.3 Å². The molecule has 0 bridgehead atoms. The van der Waals surface area contributed by atoms with Crippen molar-refractivity contribution in [2.24, 2.45) is 22.7 Å². The first-order valence-corrected chi connectivity index (χ1v) is 9.95. The first-order valence-electron chi connectivity index (χ1n) is 9.95. The number of hydrogen-bond donors (Lipinski definition) is 2. The van der Waals surface area contributed by atoms with Crippen molar-refractivity contribution in [2.45, 2.75) is 71.3 Å². The van der Waals surface area contributed by atoms with Gasteiger partial charge in [0.05, 0.1) is 25.6 Å². The Morgan fingerprint density at radius 1 is 1.26 bits per heavy atom. The Morgan fingerprint density at radius 3 is 2.70 bits per heavy atom. The molecule has 5 atom stereocenters. The van der Waals surface area contributed by atoms with Crippen LogP contribution in [0.5, 0.6) is 0 Å². The maximum atomic E-state index is 11.9. The molecule has 0 unspecified atom stereocenters. The van der Waals surface area contributed by atoms with E-state index in [-0.39, 0.29) is 47.9 Å². The smallest absolute Gasteiger partial charge is 0.306 e. The van der Waals surface area contributed by atoms with Crippen LogP contribution in [-0.4, -0.2) is 40.6 Å². The summed E-state index contributed by atoms with van der Waals surface area (Å²) in [6.45, 7) is 4.64. The number of fused-ring (bicyclic) bond motifs is 3. The van der Waals surface area contributed by atoms with Crippen LogP contribution in [0.3, 0.4) is 0 Å². The second-order valence-corrected chi connectivity index (χ2v) is 9.07. The summed E-state index contributed by atoms with van der Waals surface area (Å²) in [5.74, 6) is -0.993. The minimum Gasteiger partial charge on any atom is -0.481 e. The van der Waals surface area contributed by atoms with Crippen molar-refractivity contribution in [3.63, 3.8) is 0 Å². The molecule has 27 heavy (non-hydrogen) atoms. The fraction of sp³-hybridized carbons (Fsp3) is 0.762. The number of allylic oxidation sites excluding steroid dienone is 1. The number of ketones is 1. The van der Waals surface area contributed by atoms with E-state index in [4.69, 9.17) is 9.84 Å². The van der Waals surface area contributed by atoms with E-state index in [9.17, 15) is 19.5 Å². The van der Waals surface area contributed by atoms with E-state index in [0.29, 0.717) is 12.8 Å². The lowest BCUT2D eigenvalue weighted by molar-refractivity contribution is -0.160. The summed E-state index contributed by atoms with van der Waals surface area (Å²) in [6, 6.07) is 0. The third-order valence-corrected chi connectivity index (χ3v) is 7.26. The van der Waals surface area contributed by atoms with Crippen LogP contribution in [-0.2, 0) is 19.1 Å². The molecule has 2 fully saturated rings. The van der Waals surface area contributed by atoms with Gasteiger partial charge >= 0.3 is 11.9 Å². The molecule has 2 saturated carbocycles. The van der Waals surface area contributed by atoms with Crippen molar-refractivity contribution in [3.8, 4) is 0 Å². The molecular weight excluding hydrogens is 348 g/mol. The van der Waals surface area contributed by atoms with Crippen LogP contribution in [0.2, 0.25) is 0 Å². The zero-order chi connectivity index (χ0) is 19.8. The van der Waals surface area contributed by atoms with Gasteiger partial charge in [-0.25, -0.2) is 0 Å². The molecular formula is C21H30O6. The van der Waals surface area contributed by atoms with Gasteiger partial charge in [-0.1, -0.05) is 20.3 Å². The number of carbonyl (C=O) groups is 3. The molecule has 0 aromatic heterocycles. The van der Waals surface area contributed by atoms with Gasteiger partial charge in [0.25, 0.3) is 0 Å². The maximum absolute atomic E-state index is 11.9. The number of carboxylic acids is 1. The topological polar surface area (TPSA) is 101 Å². The molecule has 3 aliphatic carbocycles. The standard InChI is InChI=1S/C21H30O6/c1-20(12-27-19(26)7-6-18(24)25)8-3-9-21(2)15-5-4-13(22)10-14(15)16(23)11-17(20)21/h10,15-17,23H,3-9,11-12H2,1-2H3,(H,24,25)/t15-,16+,17-,20-,21+/m0/s1. The number of aliphatic hydroxyl groups excluding tert-OH is 1. The number of hydrogen-bond acceptors (Lipinski definition) is 5. The Kier molecular flexibility index (Phi) is 5.48. The average molecular weight is 378 g/mol.